The van der Waals surface area contributed by atoms with Crippen LogP contribution in [-0.2, 0) is 12.0 Å². The Hall–Kier alpha value is -2.37. The molecule has 0 amide bonds. The lowest BCUT2D eigenvalue weighted by atomic mass is 9.84. The van der Waals surface area contributed by atoms with Crippen LogP contribution in [-0.4, -0.2) is 35.9 Å². The average molecular weight is 359 g/mol. The van der Waals surface area contributed by atoms with Crippen LogP contribution in [0, 0.1) is 19.7 Å². The summed E-state index contributed by atoms with van der Waals surface area (Å²) in [5.41, 5.74) is 2.99. The maximum absolute atomic E-state index is 13.5. The fourth-order valence-electron chi connectivity index (χ4n) is 2.87. The Balaban J connectivity index is 1.79. The lowest BCUT2D eigenvalue weighted by molar-refractivity contribution is 0.501. The number of nitrogens with one attached hydrogen (secondary N) is 2. The van der Waals surface area contributed by atoms with Gasteiger partial charge in [0.25, 0.3) is 0 Å². The summed E-state index contributed by atoms with van der Waals surface area (Å²) in [5, 5.41) is 11.1. The first-order valence-electron chi connectivity index (χ1n) is 9.03. The van der Waals surface area contributed by atoms with Gasteiger partial charge < -0.3 is 10.6 Å². The first-order chi connectivity index (χ1) is 12.3. The monoisotopic (exact) mass is 359 g/mol. The van der Waals surface area contributed by atoms with Gasteiger partial charge in [-0.05, 0) is 44.0 Å². The average Bonchev–Trinajstić information content (AvgIpc) is 2.91. The van der Waals surface area contributed by atoms with Crippen molar-refractivity contribution in [2.75, 3.05) is 20.1 Å². The van der Waals surface area contributed by atoms with Crippen molar-refractivity contribution in [2.24, 2.45) is 4.99 Å². The van der Waals surface area contributed by atoms with Crippen molar-refractivity contribution < 1.29 is 4.39 Å². The van der Waals surface area contributed by atoms with Gasteiger partial charge in [0.2, 0.25) is 0 Å². The second-order valence-electron chi connectivity index (χ2n) is 7.25. The zero-order valence-electron chi connectivity index (χ0n) is 16.4. The molecule has 0 aliphatic heterocycles. The molecule has 0 saturated heterocycles. The number of rotatable bonds is 7. The molecule has 0 aliphatic rings. The van der Waals surface area contributed by atoms with Crippen LogP contribution in [0.4, 0.5) is 4.39 Å². The highest BCUT2D eigenvalue weighted by atomic mass is 19.1. The van der Waals surface area contributed by atoms with Crippen molar-refractivity contribution in [3.8, 4) is 0 Å². The minimum atomic E-state index is -0.206. The van der Waals surface area contributed by atoms with Gasteiger partial charge in [0.05, 0.1) is 5.69 Å². The van der Waals surface area contributed by atoms with E-state index in [0.717, 1.165) is 36.7 Å². The third-order valence-electron chi connectivity index (χ3n) is 4.47. The number of aryl methyl sites for hydroxylation is 3. The van der Waals surface area contributed by atoms with Crippen molar-refractivity contribution in [1.29, 1.82) is 0 Å². The standard InChI is InChI=1S/C20H30FN5/c1-15-12-16(2)26(25-15)11-7-10-23-19(22-5)24-14-20(3,4)17-8-6-9-18(21)13-17/h6,8-9,12-13H,7,10-11,14H2,1-5H3,(H2,22,23,24). The summed E-state index contributed by atoms with van der Waals surface area (Å²) in [6.07, 6.45) is 0.954. The Labute approximate surface area is 155 Å². The summed E-state index contributed by atoms with van der Waals surface area (Å²) < 4.78 is 15.5. The van der Waals surface area contributed by atoms with Gasteiger partial charge in [-0.15, -0.1) is 0 Å². The van der Waals surface area contributed by atoms with Crippen LogP contribution in [0.1, 0.15) is 37.2 Å². The molecule has 1 aromatic heterocycles. The van der Waals surface area contributed by atoms with Gasteiger partial charge in [-0.1, -0.05) is 26.0 Å². The summed E-state index contributed by atoms with van der Waals surface area (Å²) in [6.45, 7) is 10.6. The molecule has 1 aromatic carbocycles. The molecule has 0 bridgehead atoms. The number of aromatic nitrogens is 2. The van der Waals surface area contributed by atoms with E-state index in [1.54, 1.807) is 19.2 Å². The second kappa shape index (κ2) is 8.83. The van der Waals surface area contributed by atoms with Gasteiger partial charge in [0.15, 0.2) is 5.96 Å². The zero-order chi connectivity index (χ0) is 19.2. The summed E-state index contributed by atoms with van der Waals surface area (Å²) >= 11 is 0. The van der Waals surface area contributed by atoms with Crippen molar-refractivity contribution in [3.05, 3.63) is 53.1 Å². The molecule has 0 spiro atoms. The Morgan fingerprint density at radius 2 is 2.00 bits per heavy atom. The normalized spacial score (nSPS) is 12.3. The Kier molecular flexibility index (Phi) is 6.77. The summed E-state index contributed by atoms with van der Waals surface area (Å²) in [4.78, 5) is 4.27. The molecule has 5 nitrogen and oxygen atoms in total. The first kappa shape index (κ1) is 19.9. The van der Waals surface area contributed by atoms with Gasteiger partial charge in [-0.3, -0.25) is 9.67 Å². The number of benzene rings is 1. The predicted octanol–water partition coefficient (Wildman–Crippen LogP) is 3.17. The van der Waals surface area contributed by atoms with E-state index < -0.39 is 0 Å². The number of aliphatic imine (C=N–C) groups is 1. The quantitative estimate of drug-likeness (QED) is 0.454. The number of hydrogen-bond acceptors (Lipinski definition) is 2. The minimum absolute atomic E-state index is 0.205. The van der Waals surface area contributed by atoms with Crippen LogP contribution in [0.15, 0.2) is 35.3 Å². The highest BCUT2D eigenvalue weighted by Crippen LogP contribution is 2.22. The van der Waals surface area contributed by atoms with Gasteiger partial charge in [0, 0.05) is 37.8 Å². The molecule has 0 aliphatic carbocycles. The molecule has 0 radical (unpaired) electrons. The first-order valence-corrected chi connectivity index (χ1v) is 9.03. The Bertz CT molecular complexity index is 748. The SMILES string of the molecule is CN=C(NCCCn1nc(C)cc1C)NCC(C)(C)c1cccc(F)c1. The highest BCUT2D eigenvalue weighted by Gasteiger charge is 2.21. The Morgan fingerprint density at radius 3 is 2.62 bits per heavy atom. The van der Waals surface area contributed by atoms with Crippen molar-refractivity contribution in [1.82, 2.24) is 20.4 Å². The molecule has 0 atom stereocenters. The molecule has 2 rings (SSSR count). The molecular formula is C20H30FN5. The molecule has 0 unspecified atom stereocenters. The molecular weight excluding hydrogens is 329 g/mol. The molecule has 2 aromatic rings. The van der Waals surface area contributed by atoms with Crippen molar-refractivity contribution in [2.45, 2.75) is 46.1 Å². The number of halogens is 1. The molecule has 26 heavy (non-hydrogen) atoms. The maximum atomic E-state index is 13.5. The van der Waals surface area contributed by atoms with E-state index in [9.17, 15) is 4.39 Å². The van der Waals surface area contributed by atoms with Crippen LogP contribution < -0.4 is 10.6 Å². The number of hydrogen-bond donors (Lipinski definition) is 2. The van der Waals surface area contributed by atoms with Crippen LogP contribution in [0.5, 0.6) is 0 Å². The second-order valence-corrected chi connectivity index (χ2v) is 7.25. The van der Waals surface area contributed by atoms with Gasteiger partial charge in [-0.25, -0.2) is 4.39 Å². The lowest BCUT2D eigenvalue weighted by Crippen LogP contribution is -2.43. The van der Waals surface area contributed by atoms with Gasteiger partial charge in [0.1, 0.15) is 5.82 Å². The fraction of sp³-hybridized carbons (Fsp3) is 0.500. The molecule has 2 N–H and O–H groups in total. The molecule has 142 valence electrons. The molecule has 1 heterocycles. The zero-order valence-corrected chi connectivity index (χ0v) is 16.4. The van der Waals surface area contributed by atoms with E-state index in [-0.39, 0.29) is 11.2 Å². The third kappa shape index (κ3) is 5.58. The fourth-order valence-corrected chi connectivity index (χ4v) is 2.87. The van der Waals surface area contributed by atoms with E-state index in [2.05, 4.69) is 47.6 Å². The minimum Gasteiger partial charge on any atom is -0.356 e. The van der Waals surface area contributed by atoms with Crippen molar-refractivity contribution >= 4 is 5.96 Å². The van der Waals surface area contributed by atoms with Gasteiger partial charge in [-0.2, -0.15) is 5.10 Å². The van der Waals surface area contributed by atoms with E-state index in [1.165, 1.54) is 11.8 Å². The number of nitrogens with zero attached hydrogens (tertiary/aromatic N) is 3. The topological polar surface area (TPSA) is 54.2 Å². The largest absolute Gasteiger partial charge is 0.356 e. The van der Waals surface area contributed by atoms with Crippen LogP contribution in [0.25, 0.3) is 0 Å². The summed E-state index contributed by atoms with van der Waals surface area (Å²) in [7, 11) is 1.76. The summed E-state index contributed by atoms with van der Waals surface area (Å²) in [6, 6.07) is 8.85. The van der Waals surface area contributed by atoms with Gasteiger partial charge >= 0.3 is 0 Å². The third-order valence-corrected chi connectivity index (χ3v) is 4.47. The van der Waals surface area contributed by atoms with E-state index in [4.69, 9.17) is 0 Å². The lowest BCUT2D eigenvalue weighted by Gasteiger charge is -2.27. The molecule has 6 heteroatoms. The van der Waals surface area contributed by atoms with Crippen LogP contribution in [0.2, 0.25) is 0 Å². The predicted molar refractivity (Wildman–Crippen MR) is 105 cm³/mol. The number of guanidine groups is 1. The molecule has 0 fully saturated rings. The van der Waals surface area contributed by atoms with E-state index in [0.29, 0.717) is 6.54 Å². The highest BCUT2D eigenvalue weighted by molar-refractivity contribution is 5.79. The maximum Gasteiger partial charge on any atom is 0.191 e. The Morgan fingerprint density at radius 1 is 1.23 bits per heavy atom. The smallest absolute Gasteiger partial charge is 0.191 e. The van der Waals surface area contributed by atoms with Crippen LogP contribution >= 0.6 is 0 Å². The van der Waals surface area contributed by atoms with E-state index >= 15 is 0 Å². The van der Waals surface area contributed by atoms with Crippen molar-refractivity contribution in [3.63, 3.8) is 0 Å². The van der Waals surface area contributed by atoms with Crippen LogP contribution in [0.3, 0.4) is 0 Å². The molecule has 0 saturated carbocycles. The summed E-state index contributed by atoms with van der Waals surface area (Å²) in [5.74, 6) is 0.546. The van der Waals surface area contributed by atoms with E-state index in [1.807, 2.05) is 17.7 Å².